The molecule has 0 spiro atoms. The standard InChI is InChI=1S/C20H24O6/c1-6-10(2)18(22)25-15-9-20(5)16(21)8-13(26-20)11(3)7-14-17(15)12(4)19(23)24-14/h7-8,10,14-15,17H,4,6,9H2,1-3,5H3/b11-7-/t10-,14-,15-,17+,20+/m1/s1. The minimum Gasteiger partial charge on any atom is -0.479 e. The summed E-state index contributed by atoms with van der Waals surface area (Å²) < 4.78 is 17.1. The van der Waals surface area contributed by atoms with E-state index in [9.17, 15) is 14.4 Å². The number of hydrogen-bond donors (Lipinski definition) is 0. The Bertz CT molecular complexity index is 745. The van der Waals surface area contributed by atoms with Gasteiger partial charge in [-0.2, -0.15) is 0 Å². The zero-order valence-electron chi connectivity index (χ0n) is 15.5. The van der Waals surface area contributed by atoms with Crippen LogP contribution in [0.3, 0.4) is 0 Å². The van der Waals surface area contributed by atoms with Crippen molar-refractivity contribution in [3.63, 3.8) is 0 Å². The first kappa shape index (κ1) is 18.4. The maximum atomic E-state index is 12.5. The molecule has 0 aromatic heterocycles. The number of rotatable bonds is 3. The molecule has 3 aliphatic heterocycles. The lowest BCUT2D eigenvalue weighted by Crippen LogP contribution is -2.43. The lowest BCUT2D eigenvalue weighted by atomic mass is 9.82. The van der Waals surface area contributed by atoms with Gasteiger partial charge in [0.2, 0.25) is 5.78 Å². The van der Waals surface area contributed by atoms with Gasteiger partial charge >= 0.3 is 11.9 Å². The Balaban J connectivity index is 2.03. The molecule has 2 bridgehead atoms. The summed E-state index contributed by atoms with van der Waals surface area (Å²) in [5.74, 6) is -1.43. The molecule has 1 fully saturated rings. The van der Waals surface area contributed by atoms with Crippen molar-refractivity contribution < 1.29 is 28.6 Å². The third-order valence-corrected chi connectivity index (χ3v) is 5.46. The number of ketones is 1. The fourth-order valence-electron chi connectivity index (χ4n) is 3.50. The van der Waals surface area contributed by atoms with Crippen molar-refractivity contribution in [3.8, 4) is 0 Å². The average Bonchev–Trinajstić information content (AvgIpc) is 3.03. The minimum atomic E-state index is -1.15. The Kier molecular flexibility index (Phi) is 4.54. The van der Waals surface area contributed by atoms with Crippen LogP contribution in [0, 0.1) is 11.8 Å². The van der Waals surface area contributed by atoms with E-state index in [4.69, 9.17) is 14.2 Å². The minimum absolute atomic E-state index is 0.131. The highest BCUT2D eigenvalue weighted by molar-refractivity contribution is 6.00. The van der Waals surface area contributed by atoms with Gasteiger partial charge in [-0.1, -0.05) is 20.4 Å². The Morgan fingerprint density at radius 2 is 2.15 bits per heavy atom. The molecule has 0 unspecified atom stereocenters. The van der Waals surface area contributed by atoms with Gasteiger partial charge in [0, 0.05) is 18.1 Å². The largest absolute Gasteiger partial charge is 0.479 e. The second kappa shape index (κ2) is 6.41. The first-order valence-electron chi connectivity index (χ1n) is 8.90. The van der Waals surface area contributed by atoms with Crippen LogP contribution in [-0.4, -0.2) is 35.5 Å². The summed E-state index contributed by atoms with van der Waals surface area (Å²) >= 11 is 0. The topological polar surface area (TPSA) is 78.9 Å². The normalized spacial score (nSPS) is 36.5. The molecule has 0 aromatic rings. The number of hydrogen-bond acceptors (Lipinski definition) is 6. The maximum absolute atomic E-state index is 12.5. The van der Waals surface area contributed by atoms with Crippen LogP contribution in [0.4, 0.5) is 0 Å². The quantitative estimate of drug-likeness (QED) is 0.569. The van der Waals surface area contributed by atoms with Crippen LogP contribution in [-0.2, 0) is 28.6 Å². The lowest BCUT2D eigenvalue weighted by Gasteiger charge is -2.32. The molecule has 3 heterocycles. The first-order valence-corrected chi connectivity index (χ1v) is 8.90. The molecule has 26 heavy (non-hydrogen) atoms. The van der Waals surface area contributed by atoms with Crippen molar-refractivity contribution in [2.45, 2.75) is 58.3 Å². The summed E-state index contributed by atoms with van der Waals surface area (Å²) in [7, 11) is 0. The van der Waals surface area contributed by atoms with Gasteiger partial charge in [0.05, 0.1) is 11.8 Å². The maximum Gasteiger partial charge on any atom is 0.334 e. The number of fused-ring (bicyclic) bond motifs is 3. The first-order chi connectivity index (χ1) is 12.2. The zero-order valence-corrected chi connectivity index (χ0v) is 15.5. The molecule has 0 saturated carbocycles. The SMILES string of the molecule is C=C1C(=O)O[C@@H]2/C=C(/C)C3=CC(=O)[C@](C)(C[C@@H](OC(=O)[C@H](C)CC)[C@@H]12)O3. The molecule has 3 aliphatic rings. The third-order valence-electron chi connectivity index (χ3n) is 5.46. The van der Waals surface area contributed by atoms with Gasteiger partial charge in [-0.25, -0.2) is 4.79 Å². The fourth-order valence-corrected chi connectivity index (χ4v) is 3.50. The fraction of sp³-hybridized carbons (Fsp3) is 0.550. The molecule has 0 amide bonds. The van der Waals surface area contributed by atoms with Gasteiger partial charge in [0.1, 0.15) is 18.0 Å². The van der Waals surface area contributed by atoms with Crippen molar-refractivity contribution >= 4 is 17.7 Å². The summed E-state index contributed by atoms with van der Waals surface area (Å²) in [6, 6.07) is 0. The molecule has 6 heteroatoms. The van der Waals surface area contributed by atoms with Gasteiger partial charge in [-0.3, -0.25) is 9.59 Å². The molecule has 0 aliphatic carbocycles. The van der Waals surface area contributed by atoms with E-state index >= 15 is 0 Å². The number of allylic oxidation sites excluding steroid dienone is 1. The van der Waals surface area contributed by atoms with Gasteiger partial charge in [0.15, 0.2) is 5.60 Å². The van der Waals surface area contributed by atoms with Crippen LogP contribution in [0.15, 0.2) is 35.6 Å². The monoisotopic (exact) mass is 360 g/mol. The number of carbonyl (C=O) groups is 3. The second-order valence-corrected chi connectivity index (χ2v) is 7.47. The van der Waals surface area contributed by atoms with E-state index in [0.29, 0.717) is 17.8 Å². The van der Waals surface area contributed by atoms with Gasteiger partial charge in [-0.15, -0.1) is 0 Å². The highest BCUT2D eigenvalue weighted by Crippen LogP contribution is 2.42. The number of carbonyl (C=O) groups excluding carboxylic acids is 3. The van der Waals surface area contributed by atoms with Crippen LogP contribution in [0.1, 0.15) is 40.5 Å². The average molecular weight is 360 g/mol. The Labute approximate surface area is 152 Å². The van der Waals surface area contributed by atoms with Crippen LogP contribution < -0.4 is 0 Å². The summed E-state index contributed by atoms with van der Waals surface area (Å²) in [6.07, 6.45) is 2.60. The van der Waals surface area contributed by atoms with Crippen LogP contribution in [0.2, 0.25) is 0 Å². The lowest BCUT2D eigenvalue weighted by molar-refractivity contribution is -0.161. The highest BCUT2D eigenvalue weighted by atomic mass is 16.6. The van der Waals surface area contributed by atoms with Gasteiger partial charge in [-0.05, 0) is 31.9 Å². The van der Waals surface area contributed by atoms with Gasteiger partial charge in [0.25, 0.3) is 0 Å². The highest BCUT2D eigenvalue weighted by Gasteiger charge is 2.51. The molecule has 0 N–H and O–H groups in total. The van der Waals surface area contributed by atoms with Gasteiger partial charge < -0.3 is 14.2 Å². The van der Waals surface area contributed by atoms with E-state index in [-0.39, 0.29) is 29.7 Å². The van der Waals surface area contributed by atoms with Crippen LogP contribution >= 0.6 is 0 Å². The molecule has 3 rings (SSSR count). The second-order valence-electron chi connectivity index (χ2n) is 7.47. The summed E-state index contributed by atoms with van der Waals surface area (Å²) in [4.78, 5) is 37.0. The Hall–Kier alpha value is -2.37. The molecule has 140 valence electrons. The predicted molar refractivity (Wildman–Crippen MR) is 92.8 cm³/mol. The summed E-state index contributed by atoms with van der Waals surface area (Å²) in [5, 5.41) is 0. The smallest absolute Gasteiger partial charge is 0.334 e. The van der Waals surface area contributed by atoms with E-state index in [2.05, 4.69) is 6.58 Å². The molecule has 0 aromatic carbocycles. The predicted octanol–water partition coefficient (Wildman–Crippen LogP) is 2.63. The van der Waals surface area contributed by atoms with Crippen molar-refractivity contribution in [1.82, 2.24) is 0 Å². The summed E-state index contributed by atoms with van der Waals surface area (Å²) in [6.45, 7) is 11.0. The molecular formula is C20H24O6. The van der Waals surface area contributed by atoms with Crippen LogP contribution in [0.25, 0.3) is 0 Å². The van der Waals surface area contributed by atoms with E-state index in [0.717, 1.165) is 0 Å². The molecule has 5 atom stereocenters. The van der Waals surface area contributed by atoms with E-state index in [1.54, 1.807) is 26.8 Å². The Morgan fingerprint density at radius 3 is 2.81 bits per heavy atom. The van der Waals surface area contributed by atoms with Crippen molar-refractivity contribution in [3.05, 3.63) is 35.6 Å². The summed E-state index contributed by atoms with van der Waals surface area (Å²) in [5.41, 5.74) is -0.191. The molecule has 6 nitrogen and oxygen atoms in total. The number of esters is 2. The van der Waals surface area contributed by atoms with E-state index in [1.165, 1.54) is 6.08 Å². The molecular weight excluding hydrogens is 336 g/mol. The molecule has 1 saturated heterocycles. The van der Waals surface area contributed by atoms with E-state index < -0.39 is 29.7 Å². The molecule has 0 radical (unpaired) electrons. The van der Waals surface area contributed by atoms with Crippen molar-refractivity contribution in [1.29, 1.82) is 0 Å². The number of ether oxygens (including phenoxy) is 3. The van der Waals surface area contributed by atoms with Crippen molar-refractivity contribution in [2.75, 3.05) is 0 Å². The van der Waals surface area contributed by atoms with Crippen molar-refractivity contribution in [2.24, 2.45) is 11.8 Å². The van der Waals surface area contributed by atoms with E-state index in [1.807, 2.05) is 6.92 Å². The third kappa shape index (κ3) is 2.97. The zero-order chi connectivity index (χ0) is 19.2. The van der Waals surface area contributed by atoms with Crippen LogP contribution in [0.5, 0.6) is 0 Å². The Morgan fingerprint density at radius 1 is 1.46 bits per heavy atom.